The molecule has 0 aliphatic carbocycles. The van der Waals surface area contributed by atoms with Crippen molar-refractivity contribution >= 4 is 17.9 Å². The molecule has 0 bridgehead atoms. The van der Waals surface area contributed by atoms with E-state index in [9.17, 15) is 14.4 Å². The summed E-state index contributed by atoms with van der Waals surface area (Å²) in [7, 11) is 0. The number of esters is 3. The number of rotatable bonds is 60. The Labute approximate surface area is 460 Å². The molecule has 0 aromatic carbocycles. The molecule has 0 fully saturated rings. The molecule has 1 atom stereocenters. The molecule has 6 heteroatoms. The van der Waals surface area contributed by atoms with Crippen molar-refractivity contribution in [3.63, 3.8) is 0 Å². The highest BCUT2D eigenvalue weighted by atomic mass is 16.6. The van der Waals surface area contributed by atoms with Crippen molar-refractivity contribution in [3.8, 4) is 0 Å². The van der Waals surface area contributed by atoms with Gasteiger partial charge in [0, 0.05) is 19.3 Å². The van der Waals surface area contributed by atoms with E-state index in [1.54, 1.807) is 0 Å². The van der Waals surface area contributed by atoms with Crippen molar-refractivity contribution in [2.45, 2.75) is 354 Å². The summed E-state index contributed by atoms with van der Waals surface area (Å²) in [5.74, 6) is -0.844. The van der Waals surface area contributed by atoms with Crippen LogP contribution in [0.15, 0.2) is 48.6 Å². The molecule has 0 radical (unpaired) electrons. The molecule has 0 heterocycles. The number of hydrogen-bond acceptors (Lipinski definition) is 6. The van der Waals surface area contributed by atoms with Crippen molar-refractivity contribution in [1.29, 1.82) is 0 Å². The van der Waals surface area contributed by atoms with E-state index in [4.69, 9.17) is 14.2 Å². The van der Waals surface area contributed by atoms with Crippen molar-refractivity contribution in [2.75, 3.05) is 13.2 Å². The van der Waals surface area contributed by atoms with Gasteiger partial charge in [-0.3, -0.25) is 14.4 Å². The van der Waals surface area contributed by atoms with Crippen LogP contribution in [0.3, 0.4) is 0 Å². The van der Waals surface area contributed by atoms with Crippen molar-refractivity contribution < 1.29 is 28.6 Å². The van der Waals surface area contributed by atoms with E-state index in [1.807, 2.05) is 0 Å². The molecule has 0 spiro atoms. The van der Waals surface area contributed by atoms with Gasteiger partial charge in [-0.1, -0.05) is 320 Å². The second-order valence-electron chi connectivity index (χ2n) is 22.0. The Morgan fingerprint density at radius 2 is 0.527 bits per heavy atom. The average Bonchev–Trinajstić information content (AvgIpc) is 3.40. The first-order valence-corrected chi connectivity index (χ1v) is 32.6. The lowest BCUT2D eigenvalue weighted by molar-refractivity contribution is -0.167. The predicted molar refractivity (Wildman–Crippen MR) is 321 cm³/mol. The first-order chi connectivity index (χ1) is 36.5. The van der Waals surface area contributed by atoms with Gasteiger partial charge in [0.2, 0.25) is 0 Å². The molecular formula is C68H124O6. The van der Waals surface area contributed by atoms with Crippen LogP contribution in [0.25, 0.3) is 0 Å². The molecule has 0 aromatic heterocycles. The van der Waals surface area contributed by atoms with Crippen molar-refractivity contribution in [2.24, 2.45) is 0 Å². The molecular weight excluding hydrogens is 913 g/mol. The molecule has 0 saturated carbocycles. The highest BCUT2D eigenvalue weighted by Crippen LogP contribution is 2.18. The molecule has 0 N–H and O–H groups in total. The molecule has 0 aliphatic heterocycles. The lowest BCUT2D eigenvalue weighted by Gasteiger charge is -2.18. The Hall–Kier alpha value is -2.63. The van der Waals surface area contributed by atoms with Gasteiger partial charge in [0.05, 0.1) is 0 Å². The van der Waals surface area contributed by atoms with Gasteiger partial charge < -0.3 is 14.2 Å². The molecule has 0 aliphatic rings. The summed E-state index contributed by atoms with van der Waals surface area (Å²) < 4.78 is 16.9. The van der Waals surface area contributed by atoms with Gasteiger partial charge in [0.1, 0.15) is 13.2 Å². The van der Waals surface area contributed by atoms with Gasteiger partial charge in [-0.2, -0.15) is 0 Å². The van der Waals surface area contributed by atoms with Gasteiger partial charge in [0.25, 0.3) is 0 Å². The van der Waals surface area contributed by atoms with E-state index < -0.39 is 6.10 Å². The fraction of sp³-hybridized carbons (Fsp3) is 0.838. The summed E-state index contributed by atoms with van der Waals surface area (Å²) in [6.07, 6.45) is 78.4. The minimum Gasteiger partial charge on any atom is -0.462 e. The standard InChI is InChI=1S/C68H124O6/c1-4-7-10-13-16-19-22-24-26-28-30-31-32-33-34-35-36-37-38-40-41-43-46-49-52-55-58-61-67(70)73-64-65(63-72-66(69)60-57-54-51-48-45-21-18-15-12-9-6-3)74-68(71)62-59-56-53-50-47-44-42-39-29-27-25-23-20-17-14-11-8-5-2/h7,10,16,19,24,26,30-31,65H,4-6,8-9,11-15,17-18,20-23,25,27-29,32-64H2,1-3H3/b10-7-,19-16-,26-24-,31-30-. The summed E-state index contributed by atoms with van der Waals surface area (Å²) in [5, 5.41) is 0. The highest BCUT2D eigenvalue weighted by molar-refractivity contribution is 5.71. The van der Waals surface area contributed by atoms with Crippen LogP contribution >= 0.6 is 0 Å². The maximum atomic E-state index is 12.9. The van der Waals surface area contributed by atoms with E-state index in [0.717, 1.165) is 83.5 Å². The molecule has 432 valence electrons. The number of ether oxygens (including phenoxy) is 3. The largest absolute Gasteiger partial charge is 0.462 e. The van der Waals surface area contributed by atoms with E-state index in [1.165, 1.54) is 225 Å². The number of carbonyl (C=O) groups is 3. The van der Waals surface area contributed by atoms with E-state index >= 15 is 0 Å². The van der Waals surface area contributed by atoms with Crippen LogP contribution in [0, 0.1) is 0 Å². The molecule has 0 amide bonds. The quantitative estimate of drug-likeness (QED) is 0.0261. The Bertz CT molecular complexity index is 1280. The van der Waals surface area contributed by atoms with Crippen LogP contribution in [0.1, 0.15) is 348 Å². The summed E-state index contributed by atoms with van der Waals surface area (Å²) in [5.41, 5.74) is 0. The van der Waals surface area contributed by atoms with Crippen LogP contribution < -0.4 is 0 Å². The van der Waals surface area contributed by atoms with Crippen LogP contribution in [-0.4, -0.2) is 37.2 Å². The number of allylic oxidation sites excluding steroid dienone is 8. The van der Waals surface area contributed by atoms with Gasteiger partial charge in [0.15, 0.2) is 6.10 Å². The third-order valence-electron chi connectivity index (χ3n) is 14.6. The van der Waals surface area contributed by atoms with Gasteiger partial charge in [-0.25, -0.2) is 0 Å². The first-order valence-electron chi connectivity index (χ1n) is 32.6. The van der Waals surface area contributed by atoms with Crippen LogP contribution in [-0.2, 0) is 28.6 Å². The van der Waals surface area contributed by atoms with Gasteiger partial charge in [-0.05, 0) is 57.8 Å². The SMILES string of the molecule is CC/C=C\C/C=C\C/C=C\C/C=C\CCCCCCCCCCCCCCCCC(=O)OCC(COC(=O)CCCCCCCCCCCCC)OC(=O)CCCCCCCCCCCCCCCCCCCC. The van der Waals surface area contributed by atoms with E-state index in [0.29, 0.717) is 19.3 Å². The zero-order valence-corrected chi connectivity index (χ0v) is 49.6. The maximum absolute atomic E-state index is 12.9. The van der Waals surface area contributed by atoms with Crippen LogP contribution in [0.4, 0.5) is 0 Å². The molecule has 6 nitrogen and oxygen atoms in total. The summed E-state index contributed by atoms with van der Waals surface area (Å²) >= 11 is 0. The molecule has 1 unspecified atom stereocenters. The van der Waals surface area contributed by atoms with Crippen LogP contribution in [0.2, 0.25) is 0 Å². The first kappa shape index (κ1) is 71.4. The second-order valence-corrected chi connectivity index (χ2v) is 22.0. The van der Waals surface area contributed by atoms with Crippen LogP contribution in [0.5, 0.6) is 0 Å². The number of hydrogen-bond donors (Lipinski definition) is 0. The minimum atomic E-state index is -0.768. The minimum absolute atomic E-state index is 0.0667. The van der Waals surface area contributed by atoms with Gasteiger partial charge >= 0.3 is 17.9 Å². The molecule has 74 heavy (non-hydrogen) atoms. The fourth-order valence-electron chi connectivity index (χ4n) is 9.73. The normalized spacial score (nSPS) is 12.3. The van der Waals surface area contributed by atoms with Gasteiger partial charge in [-0.15, -0.1) is 0 Å². The summed E-state index contributed by atoms with van der Waals surface area (Å²) in [4.78, 5) is 38.3. The number of unbranched alkanes of at least 4 members (excludes halogenated alkanes) is 41. The molecule has 0 aromatic rings. The third kappa shape index (κ3) is 60.2. The predicted octanol–water partition coefficient (Wildman–Crippen LogP) is 22.2. The zero-order chi connectivity index (χ0) is 53.6. The lowest BCUT2D eigenvalue weighted by atomic mass is 10.0. The Morgan fingerprint density at radius 3 is 0.824 bits per heavy atom. The zero-order valence-electron chi connectivity index (χ0n) is 49.6. The molecule has 0 rings (SSSR count). The van der Waals surface area contributed by atoms with Crippen molar-refractivity contribution in [1.82, 2.24) is 0 Å². The Kier molecular flexibility index (Phi) is 60.7. The molecule has 0 saturated heterocycles. The maximum Gasteiger partial charge on any atom is 0.306 e. The topological polar surface area (TPSA) is 78.9 Å². The van der Waals surface area contributed by atoms with E-state index in [-0.39, 0.29) is 31.1 Å². The smallest absolute Gasteiger partial charge is 0.306 e. The number of carbonyl (C=O) groups excluding carboxylic acids is 3. The fourth-order valence-corrected chi connectivity index (χ4v) is 9.73. The second kappa shape index (κ2) is 62.9. The van der Waals surface area contributed by atoms with E-state index in [2.05, 4.69) is 69.4 Å². The summed E-state index contributed by atoms with van der Waals surface area (Å²) in [6, 6.07) is 0. The third-order valence-corrected chi connectivity index (χ3v) is 14.6. The average molecular weight is 1040 g/mol. The lowest BCUT2D eigenvalue weighted by Crippen LogP contribution is -2.30. The van der Waals surface area contributed by atoms with Crippen molar-refractivity contribution in [3.05, 3.63) is 48.6 Å². The Balaban J connectivity index is 4.19. The monoisotopic (exact) mass is 1040 g/mol. The Morgan fingerprint density at radius 1 is 0.284 bits per heavy atom. The summed E-state index contributed by atoms with van der Waals surface area (Å²) in [6.45, 7) is 6.58. The highest BCUT2D eigenvalue weighted by Gasteiger charge is 2.19.